The van der Waals surface area contributed by atoms with Crippen LogP contribution in [0.2, 0.25) is 0 Å². The molecule has 3 aromatic rings. The van der Waals surface area contributed by atoms with Crippen molar-refractivity contribution in [3.8, 4) is 5.75 Å². The van der Waals surface area contributed by atoms with Crippen molar-refractivity contribution >= 4 is 40.7 Å². The first kappa shape index (κ1) is 12.8. The first-order valence-corrected chi connectivity index (χ1v) is 9.22. The molecule has 1 saturated heterocycles. The molecule has 2 aromatic heterocycles. The number of anilines is 6. The Morgan fingerprint density at radius 2 is 1.91 bits per heavy atom. The summed E-state index contributed by atoms with van der Waals surface area (Å²) in [4.78, 5) is 24.0. The van der Waals surface area contributed by atoms with E-state index in [0.29, 0.717) is 16.3 Å². The van der Waals surface area contributed by atoms with Gasteiger partial charge in [-0.15, -0.1) is 0 Å². The summed E-state index contributed by atoms with van der Waals surface area (Å²) in [6, 6.07) is 8.26. The normalized spacial score (nSPS) is 25.4. The molecule has 10 nitrogen and oxygen atoms in total. The number of pyridine rings is 1. The second kappa shape index (κ2) is 8.63. The molecular weight excluding hydrogens is 417 g/mol. The summed E-state index contributed by atoms with van der Waals surface area (Å²) in [7, 11) is 0. The lowest BCUT2D eigenvalue weighted by atomic mass is 10.2. The summed E-state index contributed by atoms with van der Waals surface area (Å²) in [6.07, 6.45) is 0.899. The van der Waals surface area contributed by atoms with Gasteiger partial charge >= 0.3 is 0 Å². The van der Waals surface area contributed by atoms with Crippen LogP contribution >= 0.6 is 0 Å². The van der Waals surface area contributed by atoms with Crippen LogP contribution in [0.25, 0.3) is 0 Å². The Labute approximate surface area is 194 Å². The van der Waals surface area contributed by atoms with Gasteiger partial charge in [0, 0.05) is 24.4 Å². The van der Waals surface area contributed by atoms with Crippen molar-refractivity contribution in [3.05, 3.63) is 48.4 Å². The lowest BCUT2D eigenvalue weighted by Crippen LogP contribution is -2.36. The zero-order valence-corrected chi connectivity index (χ0v) is 16.1. The highest BCUT2D eigenvalue weighted by atomic mass is 19.1. The Bertz CT molecular complexity index is 1450. The van der Waals surface area contributed by atoms with Crippen molar-refractivity contribution in [2.45, 2.75) is 0 Å². The van der Waals surface area contributed by atoms with Crippen LogP contribution in [0.1, 0.15) is 11.0 Å². The van der Waals surface area contributed by atoms with E-state index in [1.807, 2.05) is 0 Å². The standard InChI is InChI=1S/C21H20FN7O3/c22-15-11-23-21(24-13-1-3-14(4-2-13)29-7-9-31-10-8-29)28-19(15)25-17-6-5-16-20(26-17)27-18(30)12-32-16/h1-6,11H,7-10,12H2,(H3,23,24,25,26,27,28,30)/i7D2,8D2,9D2,10D2. The molecule has 0 bridgehead atoms. The van der Waals surface area contributed by atoms with E-state index in [4.69, 9.17) is 15.7 Å². The predicted octanol–water partition coefficient (Wildman–Crippen LogP) is 2.67. The van der Waals surface area contributed by atoms with Crippen molar-refractivity contribution in [2.75, 3.05) is 53.6 Å². The molecule has 1 amide bonds. The number of benzene rings is 1. The minimum Gasteiger partial charge on any atom is -0.480 e. The van der Waals surface area contributed by atoms with Gasteiger partial charge in [0.05, 0.1) is 30.3 Å². The number of carbonyl (C=O) groups excluding carboxylic acids is 1. The van der Waals surface area contributed by atoms with Crippen molar-refractivity contribution in [1.29, 1.82) is 0 Å². The molecule has 32 heavy (non-hydrogen) atoms. The number of rotatable bonds is 5. The number of nitrogens with zero attached hydrogens (tertiary/aromatic N) is 4. The van der Waals surface area contributed by atoms with E-state index in [1.54, 1.807) is 6.07 Å². The monoisotopic (exact) mass is 445 g/mol. The molecule has 1 fully saturated rings. The second-order valence-electron chi connectivity index (χ2n) is 6.43. The van der Waals surface area contributed by atoms with Gasteiger partial charge in [-0.2, -0.15) is 4.98 Å². The van der Waals surface area contributed by atoms with E-state index in [2.05, 4.69) is 35.6 Å². The number of morpholine rings is 1. The minimum absolute atomic E-state index is 0.0593. The average Bonchev–Trinajstić information content (AvgIpc) is 2.85. The van der Waals surface area contributed by atoms with Crippen molar-refractivity contribution in [1.82, 2.24) is 15.0 Å². The molecular formula is C21H20FN7O3. The fraction of sp³-hybridized carbons (Fsp3) is 0.238. The molecule has 3 N–H and O–H groups in total. The predicted molar refractivity (Wildman–Crippen MR) is 116 cm³/mol. The first-order chi connectivity index (χ1) is 18.6. The third-order valence-corrected chi connectivity index (χ3v) is 4.26. The third kappa shape index (κ3) is 4.37. The van der Waals surface area contributed by atoms with Crippen molar-refractivity contribution in [2.24, 2.45) is 0 Å². The van der Waals surface area contributed by atoms with E-state index in [1.165, 1.54) is 30.3 Å². The summed E-state index contributed by atoms with van der Waals surface area (Å²) in [5, 5.41) is 8.04. The van der Waals surface area contributed by atoms with Crippen molar-refractivity contribution in [3.63, 3.8) is 0 Å². The molecule has 4 heterocycles. The summed E-state index contributed by atoms with van der Waals surface area (Å²) in [5.41, 5.74) is 0.141. The van der Waals surface area contributed by atoms with Crippen LogP contribution in [0.4, 0.5) is 39.2 Å². The lowest BCUT2D eigenvalue weighted by molar-refractivity contribution is -0.118. The minimum atomic E-state index is -3.18. The molecule has 0 atom stereocenters. The van der Waals surface area contributed by atoms with Gasteiger partial charge in [-0.1, -0.05) is 0 Å². The quantitative estimate of drug-likeness (QED) is 0.545. The van der Waals surface area contributed by atoms with Crippen LogP contribution in [0.3, 0.4) is 0 Å². The second-order valence-corrected chi connectivity index (χ2v) is 6.43. The highest BCUT2D eigenvalue weighted by molar-refractivity contribution is 5.94. The summed E-state index contributed by atoms with van der Waals surface area (Å²) >= 11 is 0. The molecule has 164 valence electrons. The van der Waals surface area contributed by atoms with Gasteiger partial charge < -0.3 is 30.3 Å². The van der Waals surface area contributed by atoms with Gasteiger partial charge in [-0.05, 0) is 36.4 Å². The molecule has 0 spiro atoms. The number of fused-ring (bicyclic) bond motifs is 1. The Balaban J connectivity index is 1.36. The Morgan fingerprint density at radius 1 is 1.09 bits per heavy atom. The van der Waals surface area contributed by atoms with Crippen LogP contribution in [0, 0.1) is 5.82 Å². The van der Waals surface area contributed by atoms with E-state index in [0.717, 1.165) is 6.20 Å². The first-order valence-electron chi connectivity index (χ1n) is 13.2. The number of ether oxygens (including phenoxy) is 2. The third-order valence-electron chi connectivity index (χ3n) is 4.26. The highest BCUT2D eigenvalue weighted by Crippen LogP contribution is 2.28. The molecule has 2 aliphatic rings. The highest BCUT2D eigenvalue weighted by Gasteiger charge is 2.18. The number of aromatic nitrogens is 3. The number of hydrogen-bond acceptors (Lipinski definition) is 9. The smallest absolute Gasteiger partial charge is 0.263 e. The van der Waals surface area contributed by atoms with E-state index >= 15 is 0 Å². The average molecular weight is 445 g/mol. The maximum absolute atomic E-state index is 14.4. The number of amides is 1. The van der Waals surface area contributed by atoms with E-state index in [-0.39, 0.29) is 41.6 Å². The zero-order chi connectivity index (χ0) is 29.1. The Hall–Kier alpha value is -3.99. The topological polar surface area (TPSA) is 114 Å². The summed E-state index contributed by atoms with van der Waals surface area (Å²) in [5.74, 6) is -0.831. The van der Waals surface area contributed by atoms with Gasteiger partial charge in [0.15, 0.2) is 29.8 Å². The molecule has 0 unspecified atom stereocenters. The lowest BCUT2D eigenvalue weighted by Gasteiger charge is -2.28. The Kier molecular flexibility index (Phi) is 3.44. The van der Waals surface area contributed by atoms with E-state index < -0.39 is 31.9 Å². The van der Waals surface area contributed by atoms with Crippen LogP contribution in [0.15, 0.2) is 42.6 Å². The Morgan fingerprint density at radius 3 is 2.72 bits per heavy atom. The molecule has 2 aliphatic heterocycles. The summed E-state index contributed by atoms with van der Waals surface area (Å²) < 4.78 is 88.2. The zero-order valence-electron chi connectivity index (χ0n) is 24.1. The van der Waals surface area contributed by atoms with Gasteiger partial charge in [-0.25, -0.2) is 14.4 Å². The molecule has 11 heteroatoms. The van der Waals surface area contributed by atoms with Crippen LogP contribution in [-0.4, -0.2) is 53.6 Å². The van der Waals surface area contributed by atoms with Gasteiger partial charge in [0.1, 0.15) is 5.82 Å². The number of halogens is 1. The van der Waals surface area contributed by atoms with Crippen LogP contribution in [0.5, 0.6) is 5.75 Å². The van der Waals surface area contributed by atoms with Crippen LogP contribution < -0.4 is 25.6 Å². The van der Waals surface area contributed by atoms with Crippen molar-refractivity contribution < 1.29 is 29.6 Å². The van der Waals surface area contributed by atoms with Gasteiger partial charge in [0.2, 0.25) is 5.95 Å². The van der Waals surface area contributed by atoms with Crippen LogP contribution in [-0.2, 0) is 9.53 Å². The maximum atomic E-state index is 14.4. The summed E-state index contributed by atoms with van der Waals surface area (Å²) in [6.45, 7) is -12.7. The SMILES string of the molecule is [2H]C1([2H])OC([2H])([2H])C([2H])([2H])N(c2ccc(Nc3ncc(F)c(Nc4ccc5c(n4)NC(=O)CO5)n3)cc2)C1([2H])[2H]. The molecule has 0 saturated carbocycles. The molecule has 0 radical (unpaired) electrons. The fourth-order valence-corrected chi connectivity index (χ4v) is 2.81. The maximum Gasteiger partial charge on any atom is 0.263 e. The molecule has 1 aromatic carbocycles. The number of carbonyl (C=O) groups is 1. The van der Waals surface area contributed by atoms with E-state index in [9.17, 15) is 9.18 Å². The molecule has 5 rings (SSSR count). The molecule has 0 aliphatic carbocycles. The number of hydrogen-bond donors (Lipinski definition) is 3. The largest absolute Gasteiger partial charge is 0.480 e. The van der Waals surface area contributed by atoms with Gasteiger partial charge in [0.25, 0.3) is 5.91 Å². The van der Waals surface area contributed by atoms with Gasteiger partial charge in [-0.3, -0.25) is 4.79 Å². The fourth-order valence-electron chi connectivity index (χ4n) is 2.81. The number of nitrogens with one attached hydrogen (secondary N) is 3.